The van der Waals surface area contributed by atoms with Crippen molar-refractivity contribution in [2.24, 2.45) is 0 Å². The summed E-state index contributed by atoms with van der Waals surface area (Å²) in [5.74, 6) is 0.765. The molecule has 1 aromatic heterocycles. The molecule has 0 aliphatic carbocycles. The predicted molar refractivity (Wildman–Crippen MR) is 122 cm³/mol. The van der Waals surface area contributed by atoms with Gasteiger partial charge in [0, 0.05) is 40.4 Å². The van der Waals surface area contributed by atoms with Gasteiger partial charge in [0.05, 0.1) is 11.1 Å². The summed E-state index contributed by atoms with van der Waals surface area (Å²) in [5, 5.41) is 22.6. The SMILES string of the molecule is O[C@H](COc1ccc(I)cc1)CN1CCC(O)(c2cnc3ccccc3c2)CC1. The van der Waals surface area contributed by atoms with Gasteiger partial charge in [0.2, 0.25) is 0 Å². The molecule has 0 spiro atoms. The summed E-state index contributed by atoms with van der Waals surface area (Å²) < 4.78 is 6.83. The van der Waals surface area contributed by atoms with Crippen LogP contribution in [0.3, 0.4) is 0 Å². The van der Waals surface area contributed by atoms with Crippen LogP contribution in [0.1, 0.15) is 18.4 Å². The van der Waals surface area contributed by atoms with E-state index in [1.807, 2.05) is 54.6 Å². The van der Waals surface area contributed by atoms with E-state index in [1.54, 1.807) is 6.20 Å². The van der Waals surface area contributed by atoms with Crippen LogP contribution in [0, 0.1) is 3.57 Å². The molecule has 5 nitrogen and oxygen atoms in total. The molecule has 0 saturated carbocycles. The van der Waals surface area contributed by atoms with Gasteiger partial charge in [0.25, 0.3) is 0 Å². The maximum Gasteiger partial charge on any atom is 0.119 e. The molecule has 2 heterocycles. The molecule has 1 saturated heterocycles. The molecule has 1 aliphatic heterocycles. The summed E-state index contributed by atoms with van der Waals surface area (Å²) in [5.41, 5.74) is 0.947. The van der Waals surface area contributed by atoms with Crippen molar-refractivity contribution in [3.05, 3.63) is 69.9 Å². The third-order valence-corrected chi connectivity index (χ3v) is 6.26. The quantitative estimate of drug-likeness (QED) is 0.503. The molecule has 1 atom stereocenters. The van der Waals surface area contributed by atoms with Crippen LogP contribution in [0.15, 0.2) is 60.8 Å². The fourth-order valence-electron chi connectivity index (χ4n) is 3.79. The Morgan fingerprint density at radius 2 is 1.83 bits per heavy atom. The topological polar surface area (TPSA) is 65.8 Å². The third-order valence-electron chi connectivity index (χ3n) is 5.54. The maximum absolute atomic E-state index is 11.2. The second-order valence-corrected chi connectivity index (χ2v) is 8.91. The number of pyridine rings is 1. The van der Waals surface area contributed by atoms with Gasteiger partial charge in [0.15, 0.2) is 0 Å². The van der Waals surface area contributed by atoms with Gasteiger partial charge < -0.3 is 19.8 Å². The van der Waals surface area contributed by atoms with Crippen molar-refractivity contribution < 1.29 is 14.9 Å². The Balaban J connectivity index is 1.30. The van der Waals surface area contributed by atoms with E-state index in [1.165, 1.54) is 0 Å². The highest BCUT2D eigenvalue weighted by molar-refractivity contribution is 14.1. The zero-order chi connectivity index (χ0) is 20.3. The van der Waals surface area contributed by atoms with Crippen LogP contribution >= 0.6 is 22.6 Å². The molecule has 2 aromatic carbocycles. The average Bonchev–Trinajstić information content (AvgIpc) is 2.75. The smallest absolute Gasteiger partial charge is 0.119 e. The van der Waals surface area contributed by atoms with E-state index >= 15 is 0 Å². The lowest BCUT2D eigenvalue weighted by Crippen LogP contribution is -2.46. The summed E-state index contributed by atoms with van der Waals surface area (Å²) >= 11 is 2.25. The van der Waals surface area contributed by atoms with Gasteiger partial charge in [-0.25, -0.2) is 0 Å². The number of para-hydroxylation sites is 1. The number of aliphatic hydroxyl groups excluding tert-OH is 1. The first-order valence-corrected chi connectivity index (χ1v) is 11.0. The van der Waals surface area contributed by atoms with E-state index < -0.39 is 11.7 Å². The molecule has 0 radical (unpaired) electrons. The molecule has 2 N–H and O–H groups in total. The first-order valence-electron chi connectivity index (χ1n) is 9.88. The van der Waals surface area contributed by atoms with E-state index in [0.717, 1.165) is 38.9 Å². The molecule has 152 valence electrons. The van der Waals surface area contributed by atoms with Crippen LogP contribution in [0.2, 0.25) is 0 Å². The lowest BCUT2D eigenvalue weighted by Gasteiger charge is -2.39. The largest absolute Gasteiger partial charge is 0.491 e. The molecule has 3 aromatic rings. The van der Waals surface area contributed by atoms with Crippen LogP contribution in [0.5, 0.6) is 5.75 Å². The standard InChI is InChI=1S/C23H25IN2O3/c24-19-5-7-21(8-6-19)29-16-20(27)15-26-11-9-23(28,10-12-26)18-13-17-3-1-2-4-22(17)25-14-18/h1-8,13-14,20,27-28H,9-12,15-16H2/t20-/m0/s1. The average molecular weight is 504 g/mol. The van der Waals surface area contributed by atoms with E-state index in [9.17, 15) is 10.2 Å². The Kier molecular flexibility index (Phi) is 6.34. The van der Waals surface area contributed by atoms with Crippen molar-refractivity contribution in [1.82, 2.24) is 9.88 Å². The van der Waals surface area contributed by atoms with E-state index in [-0.39, 0.29) is 6.61 Å². The molecule has 0 bridgehead atoms. The van der Waals surface area contributed by atoms with Crippen LogP contribution in [-0.4, -0.2) is 52.4 Å². The molecular weight excluding hydrogens is 479 g/mol. The first-order chi connectivity index (χ1) is 14.0. The summed E-state index contributed by atoms with van der Waals surface area (Å²) in [4.78, 5) is 6.68. The summed E-state index contributed by atoms with van der Waals surface area (Å²) in [6.45, 7) is 2.25. The molecular formula is C23H25IN2O3. The number of piperidine rings is 1. The van der Waals surface area contributed by atoms with Gasteiger partial charge in [-0.2, -0.15) is 0 Å². The zero-order valence-electron chi connectivity index (χ0n) is 16.2. The van der Waals surface area contributed by atoms with Crippen molar-refractivity contribution in [1.29, 1.82) is 0 Å². The molecule has 0 amide bonds. The van der Waals surface area contributed by atoms with Gasteiger partial charge in [-0.3, -0.25) is 4.98 Å². The van der Waals surface area contributed by atoms with Gasteiger partial charge in [-0.1, -0.05) is 18.2 Å². The number of hydrogen-bond donors (Lipinski definition) is 2. The number of nitrogens with zero attached hydrogens (tertiary/aromatic N) is 2. The third kappa shape index (κ3) is 5.06. The maximum atomic E-state index is 11.2. The number of hydrogen-bond acceptors (Lipinski definition) is 5. The molecule has 6 heteroatoms. The van der Waals surface area contributed by atoms with Crippen LogP contribution < -0.4 is 4.74 Å². The number of benzene rings is 2. The zero-order valence-corrected chi connectivity index (χ0v) is 18.3. The number of β-amino-alcohol motifs (C(OH)–C–C–N with tert-alkyl or cyclic N) is 1. The number of ether oxygens (including phenoxy) is 1. The molecule has 4 rings (SSSR count). The number of rotatable bonds is 6. The monoisotopic (exact) mass is 504 g/mol. The van der Waals surface area contributed by atoms with Crippen molar-refractivity contribution in [2.45, 2.75) is 24.5 Å². The summed E-state index contributed by atoms with van der Waals surface area (Å²) in [6.07, 6.45) is 2.47. The Morgan fingerprint density at radius 3 is 2.59 bits per heavy atom. The Bertz CT molecular complexity index is 956. The highest BCUT2D eigenvalue weighted by Gasteiger charge is 2.34. The Labute approximate surface area is 184 Å². The van der Waals surface area contributed by atoms with Crippen LogP contribution in [0.4, 0.5) is 0 Å². The van der Waals surface area contributed by atoms with E-state index in [0.29, 0.717) is 19.4 Å². The van der Waals surface area contributed by atoms with Gasteiger partial charge in [-0.15, -0.1) is 0 Å². The lowest BCUT2D eigenvalue weighted by atomic mass is 9.84. The summed E-state index contributed by atoms with van der Waals surface area (Å²) in [7, 11) is 0. The first kappa shape index (κ1) is 20.5. The highest BCUT2D eigenvalue weighted by Crippen LogP contribution is 2.33. The highest BCUT2D eigenvalue weighted by atomic mass is 127. The van der Waals surface area contributed by atoms with Crippen molar-refractivity contribution in [3.8, 4) is 5.75 Å². The van der Waals surface area contributed by atoms with Crippen molar-refractivity contribution in [3.63, 3.8) is 0 Å². The van der Waals surface area contributed by atoms with Crippen molar-refractivity contribution >= 4 is 33.5 Å². The molecule has 29 heavy (non-hydrogen) atoms. The Hall–Kier alpha value is -1.74. The normalized spacial score (nSPS) is 17.9. The van der Waals surface area contributed by atoms with E-state index in [2.05, 4.69) is 32.5 Å². The molecule has 1 fully saturated rings. The minimum absolute atomic E-state index is 0.260. The van der Waals surface area contributed by atoms with E-state index in [4.69, 9.17) is 4.74 Å². The number of aliphatic hydroxyl groups is 2. The second kappa shape index (κ2) is 8.95. The second-order valence-electron chi connectivity index (χ2n) is 7.67. The Morgan fingerprint density at radius 1 is 1.10 bits per heavy atom. The van der Waals surface area contributed by atoms with Crippen LogP contribution in [0.25, 0.3) is 10.9 Å². The lowest BCUT2D eigenvalue weighted by molar-refractivity contribution is -0.0373. The minimum atomic E-state index is -0.865. The number of aromatic nitrogens is 1. The van der Waals surface area contributed by atoms with Crippen molar-refractivity contribution in [2.75, 3.05) is 26.2 Å². The minimum Gasteiger partial charge on any atom is -0.491 e. The van der Waals surface area contributed by atoms with Crippen LogP contribution in [-0.2, 0) is 5.60 Å². The number of halogens is 1. The predicted octanol–water partition coefficient (Wildman–Crippen LogP) is 3.56. The molecule has 1 aliphatic rings. The van der Waals surface area contributed by atoms with Gasteiger partial charge in [-0.05, 0) is 71.8 Å². The fraction of sp³-hybridized carbons (Fsp3) is 0.348. The fourth-order valence-corrected chi connectivity index (χ4v) is 4.15. The van der Waals surface area contributed by atoms with Gasteiger partial charge >= 0.3 is 0 Å². The molecule has 0 unspecified atom stereocenters. The number of fused-ring (bicyclic) bond motifs is 1. The van der Waals surface area contributed by atoms with Gasteiger partial charge in [0.1, 0.15) is 18.5 Å². The number of likely N-dealkylation sites (tertiary alicyclic amines) is 1. The summed E-state index contributed by atoms with van der Waals surface area (Å²) in [6, 6.07) is 17.8.